The van der Waals surface area contributed by atoms with E-state index in [4.69, 9.17) is 0 Å². The van der Waals surface area contributed by atoms with E-state index in [1.165, 1.54) is 36.7 Å². The lowest BCUT2D eigenvalue weighted by atomic mass is 10.2. The zero-order valence-electron chi connectivity index (χ0n) is 13.1. The van der Waals surface area contributed by atoms with Gasteiger partial charge in [0.1, 0.15) is 0 Å². The van der Waals surface area contributed by atoms with E-state index >= 15 is 0 Å². The monoisotopic (exact) mass is 361 g/mol. The molecule has 0 amide bonds. The maximum Gasteiger partial charge on any atom is 0.264 e. The van der Waals surface area contributed by atoms with E-state index in [2.05, 4.69) is 35.4 Å². The lowest BCUT2D eigenvalue weighted by Gasteiger charge is -2.08. The highest BCUT2D eigenvalue weighted by Gasteiger charge is 2.26. The van der Waals surface area contributed by atoms with Gasteiger partial charge in [0, 0.05) is 12.4 Å². The number of aliphatic hydroxyl groups is 1. The first-order valence-electron chi connectivity index (χ1n) is 7.24. The molecular weight excluding hydrogens is 346 g/mol. The molecule has 0 bridgehead atoms. The van der Waals surface area contributed by atoms with Gasteiger partial charge >= 0.3 is 0 Å². The van der Waals surface area contributed by atoms with Gasteiger partial charge in [-0.1, -0.05) is 0 Å². The molecule has 3 rings (SSSR count). The summed E-state index contributed by atoms with van der Waals surface area (Å²) in [6.45, 7) is 1.72. The molecule has 2 heterocycles. The number of rotatable bonds is 5. The first-order chi connectivity index (χ1) is 12.0. The van der Waals surface area contributed by atoms with E-state index < -0.39 is 22.3 Å². The summed E-state index contributed by atoms with van der Waals surface area (Å²) in [6, 6.07) is 6.81. The van der Waals surface area contributed by atoms with E-state index in [1.54, 1.807) is 13.0 Å². The average Bonchev–Trinajstić information content (AvgIpc) is 2.92. The Labute approximate surface area is 143 Å². The van der Waals surface area contributed by atoms with Gasteiger partial charge in [-0.25, -0.2) is 23.1 Å². The summed E-state index contributed by atoms with van der Waals surface area (Å²) in [6.07, 6.45) is 1.95. The molecule has 1 aromatic heterocycles. The number of aliphatic hydroxyl groups excluding tert-OH is 1. The molecular formula is C14H15N7O3S. The van der Waals surface area contributed by atoms with Crippen LogP contribution in [0.1, 0.15) is 6.92 Å². The first-order valence-corrected chi connectivity index (χ1v) is 8.72. The van der Waals surface area contributed by atoms with Crippen LogP contribution >= 0.6 is 0 Å². The molecule has 0 fully saturated rings. The number of anilines is 1. The summed E-state index contributed by atoms with van der Waals surface area (Å²) in [7, 11) is -3.79. The van der Waals surface area contributed by atoms with Crippen LogP contribution in [-0.4, -0.2) is 41.5 Å². The second-order valence-corrected chi connectivity index (χ2v) is 6.84. The highest BCUT2D eigenvalue weighted by atomic mass is 32.2. The fourth-order valence-corrected chi connectivity index (χ4v) is 2.99. The molecule has 0 radical (unpaired) electrons. The van der Waals surface area contributed by atoms with Crippen molar-refractivity contribution in [3.8, 4) is 0 Å². The Morgan fingerprint density at radius 3 is 2.48 bits per heavy atom. The molecule has 0 saturated carbocycles. The number of sulfonamides is 1. The molecule has 1 aliphatic rings. The molecule has 1 aromatic carbocycles. The van der Waals surface area contributed by atoms with Crippen molar-refractivity contribution in [2.75, 3.05) is 4.72 Å². The van der Waals surface area contributed by atoms with Gasteiger partial charge in [-0.15, -0.1) is 0 Å². The summed E-state index contributed by atoms with van der Waals surface area (Å²) in [5.41, 5.74) is 3.56. The molecule has 2 atom stereocenters. The second-order valence-electron chi connectivity index (χ2n) is 5.16. The smallest absolute Gasteiger partial charge is 0.264 e. The Morgan fingerprint density at radius 1 is 1.20 bits per heavy atom. The van der Waals surface area contributed by atoms with Crippen LogP contribution in [0.4, 0.5) is 11.6 Å². The van der Waals surface area contributed by atoms with Gasteiger partial charge in [-0.2, -0.15) is 15.3 Å². The maximum absolute atomic E-state index is 12.3. The molecule has 2 unspecified atom stereocenters. The van der Waals surface area contributed by atoms with Gasteiger partial charge in [0.05, 0.1) is 16.3 Å². The minimum absolute atomic E-state index is 0.0104. The van der Waals surface area contributed by atoms with Crippen LogP contribution in [-0.2, 0) is 10.0 Å². The van der Waals surface area contributed by atoms with Crippen molar-refractivity contribution in [2.45, 2.75) is 24.1 Å². The minimum atomic E-state index is -3.79. The molecule has 130 valence electrons. The number of aromatic nitrogens is 2. The molecule has 0 saturated heterocycles. The number of hydrogen-bond acceptors (Lipinski definition) is 9. The molecule has 2 aromatic rings. The molecule has 1 aliphatic heterocycles. The lowest BCUT2D eigenvalue weighted by Crippen LogP contribution is -2.31. The second kappa shape index (κ2) is 6.91. The molecule has 3 N–H and O–H groups in total. The van der Waals surface area contributed by atoms with Gasteiger partial charge < -0.3 is 5.11 Å². The van der Waals surface area contributed by atoms with Gasteiger partial charge in [-0.05, 0) is 37.3 Å². The Hall–Kier alpha value is -2.92. The average molecular weight is 361 g/mol. The predicted molar refractivity (Wildman–Crippen MR) is 89.8 cm³/mol. The van der Waals surface area contributed by atoms with Crippen molar-refractivity contribution in [3.63, 3.8) is 0 Å². The van der Waals surface area contributed by atoms with Gasteiger partial charge in [0.25, 0.3) is 10.0 Å². The Kier molecular flexibility index (Phi) is 4.67. The number of hydrogen-bond donors (Lipinski definition) is 3. The van der Waals surface area contributed by atoms with Crippen molar-refractivity contribution >= 4 is 27.4 Å². The standard InChI is InChI=1S/C14H15N7O3S/c1-9-12(13(22)20-17-9)19-18-10-3-5-11(6-4-10)25(23,24)21-14-15-7-2-8-16-14/h2-8,12-13,20,22H,1H3,(H,15,16,21)/b19-18+. The third-order valence-corrected chi connectivity index (χ3v) is 4.68. The third-order valence-electron chi connectivity index (χ3n) is 3.34. The zero-order chi connectivity index (χ0) is 17.9. The van der Waals surface area contributed by atoms with Crippen LogP contribution in [0.15, 0.2) is 63.0 Å². The first kappa shape index (κ1) is 16.9. The van der Waals surface area contributed by atoms with E-state index in [1.807, 2.05) is 0 Å². The van der Waals surface area contributed by atoms with Crippen molar-refractivity contribution in [1.82, 2.24) is 15.4 Å². The van der Waals surface area contributed by atoms with Gasteiger partial charge in [0.2, 0.25) is 5.95 Å². The number of benzene rings is 1. The quantitative estimate of drug-likeness (QED) is 0.679. The van der Waals surface area contributed by atoms with Crippen molar-refractivity contribution < 1.29 is 13.5 Å². The summed E-state index contributed by atoms with van der Waals surface area (Å²) in [4.78, 5) is 7.68. The lowest BCUT2D eigenvalue weighted by molar-refractivity contribution is 0.142. The highest BCUT2D eigenvalue weighted by Crippen LogP contribution is 2.19. The summed E-state index contributed by atoms with van der Waals surface area (Å²) in [5.74, 6) is -0.0104. The molecule has 10 nitrogen and oxygen atoms in total. The predicted octanol–water partition coefficient (Wildman–Crippen LogP) is 1.03. The van der Waals surface area contributed by atoms with Crippen LogP contribution in [0.5, 0.6) is 0 Å². The van der Waals surface area contributed by atoms with Crippen molar-refractivity contribution in [1.29, 1.82) is 0 Å². The topological polar surface area (TPSA) is 141 Å². The van der Waals surface area contributed by atoms with Crippen molar-refractivity contribution in [3.05, 3.63) is 42.7 Å². The number of nitrogens with zero attached hydrogens (tertiary/aromatic N) is 5. The highest BCUT2D eigenvalue weighted by molar-refractivity contribution is 7.92. The largest absolute Gasteiger partial charge is 0.370 e. The van der Waals surface area contributed by atoms with Crippen LogP contribution < -0.4 is 10.1 Å². The van der Waals surface area contributed by atoms with Crippen LogP contribution in [0.25, 0.3) is 0 Å². The summed E-state index contributed by atoms with van der Waals surface area (Å²) >= 11 is 0. The Balaban J connectivity index is 1.72. The van der Waals surface area contributed by atoms with E-state index in [0.717, 1.165) is 0 Å². The SMILES string of the molecule is CC1=NNC(O)C1/N=N/c1ccc(S(=O)(=O)Nc2ncccn2)cc1. The Morgan fingerprint density at radius 2 is 1.88 bits per heavy atom. The molecule has 25 heavy (non-hydrogen) atoms. The Bertz CT molecular complexity index is 898. The fraction of sp³-hybridized carbons (Fsp3) is 0.214. The third kappa shape index (κ3) is 3.95. The fourth-order valence-electron chi connectivity index (χ4n) is 2.03. The van der Waals surface area contributed by atoms with E-state index in [0.29, 0.717) is 11.4 Å². The van der Waals surface area contributed by atoms with Gasteiger partial charge in [-0.3, -0.25) is 5.43 Å². The zero-order valence-corrected chi connectivity index (χ0v) is 13.9. The summed E-state index contributed by atoms with van der Waals surface area (Å²) in [5, 5.41) is 21.5. The van der Waals surface area contributed by atoms with Crippen LogP contribution in [0.2, 0.25) is 0 Å². The molecule has 0 spiro atoms. The van der Waals surface area contributed by atoms with Crippen molar-refractivity contribution in [2.24, 2.45) is 15.3 Å². The summed E-state index contributed by atoms with van der Waals surface area (Å²) < 4.78 is 26.8. The molecule has 0 aliphatic carbocycles. The number of nitrogens with one attached hydrogen (secondary N) is 2. The van der Waals surface area contributed by atoms with Crippen LogP contribution in [0.3, 0.4) is 0 Å². The van der Waals surface area contributed by atoms with Gasteiger partial charge in [0.15, 0.2) is 12.3 Å². The molecule has 11 heteroatoms. The number of hydrazone groups is 1. The van der Waals surface area contributed by atoms with E-state index in [9.17, 15) is 13.5 Å². The normalized spacial score (nSPS) is 20.3. The maximum atomic E-state index is 12.3. The van der Waals surface area contributed by atoms with Crippen LogP contribution in [0, 0.1) is 0 Å². The number of azo groups is 1. The van der Waals surface area contributed by atoms with E-state index in [-0.39, 0.29) is 10.8 Å². The minimum Gasteiger partial charge on any atom is -0.370 e.